The van der Waals surface area contributed by atoms with Crippen LogP contribution in [0.5, 0.6) is 0 Å². The third-order valence-corrected chi connectivity index (χ3v) is 6.47. The molecule has 0 spiro atoms. The zero-order chi connectivity index (χ0) is 22.8. The number of hydrogen-bond donors (Lipinski definition) is 2. The number of anilines is 1. The smallest absolute Gasteiger partial charge is 0.253 e. The Kier molecular flexibility index (Phi) is 5.97. The lowest BCUT2D eigenvalue weighted by Gasteiger charge is -2.17. The standard InChI is InChI=1S/C28H29N3O2/c1-19(32)30-25-14-21(13-24(16-25)28(33)31-10-4-5-11-31)18-29-17-20-8-9-27-23(12-20)15-22-6-2-3-7-26(22)27/h2-3,6-9,12-14,16,29H,4-5,10-11,15,17-18H2,1H3,(H,30,32). The number of hydrogen-bond acceptors (Lipinski definition) is 3. The van der Waals surface area contributed by atoms with Crippen molar-refractivity contribution in [3.05, 3.63) is 88.5 Å². The molecule has 0 aromatic heterocycles. The van der Waals surface area contributed by atoms with E-state index in [-0.39, 0.29) is 11.8 Å². The lowest BCUT2D eigenvalue weighted by Crippen LogP contribution is -2.28. The van der Waals surface area contributed by atoms with Crippen molar-refractivity contribution in [3.8, 4) is 11.1 Å². The first kappa shape index (κ1) is 21.4. The number of rotatable bonds is 6. The fraction of sp³-hybridized carbons (Fsp3) is 0.286. The first-order valence-electron chi connectivity index (χ1n) is 11.7. The topological polar surface area (TPSA) is 61.4 Å². The summed E-state index contributed by atoms with van der Waals surface area (Å²) in [6, 6.07) is 21.0. The summed E-state index contributed by atoms with van der Waals surface area (Å²) in [6.07, 6.45) is 3.09. The Bertz CT molecular complexity index is 1210. The summed E-state index contributed by atoms with van der Waals surface area (Å²) < 4.78 is 0. The van der Waals surface area contributed by atoms with E-state index in [4.69, 9.17) is 0 Å². The molecule has 0 atom stereocenters. The highest BCUT2D eigenvalue weighted by atomic mass is 16.2. The molecule has 0 radical (unpaired) electrons. The Morgan fingerprint density at radius 3 is 2.42 bits per heavy atom. The van der Waals surface area contributed by atoms with Gasteiger partial charge in [0.05, 0.1) is 0 Å². The lowest BCUT2D eigenvalue weighted by atomic mass is 10.0. The minimum atomic E-state index is -0.140. The summed E-state index contributed by atoms with van der Waals surface area (Å²) in [4.78, 5) is 26.4. The van der Waals surface area contributed by atoms with E-state index in [0.29, 0.717) is 17.8 Å². The van der Waals surface area contributed by atoms with E-state index in [1.807, 2.05) is 17.0 Å². The zero-order valence-corrected chi connectivity index (χ0v) is 19.0. The van der Waals surface area contributed by atoms with Crippen LogP contribution < -0.4 is 10.6 Å². The molecule has 1 heterocycles. The van der Waals surface area contributed by atoms with Crippen LogP contribution in [0.15, 0.2) is 60.7 Å². The van der Waals surface area contributed by atoms with Gasteiger partial charge < -0.3 is 15.5 Å². The van der Waals surface area contributed by atoms with Gasteiger partial charge in [-0.25, -0.2) is 0 Å². The highest BCUT2D eigenvalue weighted by Crippen LogP contribution is 2.36. The molecule has 1 aliphatic heterocycles. The molecule has 0 saturated carbocycles. The van der Waals surface area contributed by atoms with Crippen LogP contribution in [0.1, 0.15) is 52.4 Å². The number of carbonyl (C=O) groups is 2. The zero-order valence-electron chi connectivity index (χ0n) is 19.0. The van der Waals surface area contributed by atoms with Gasteiger partial charge in [-0.05, 0) is 70.8 Å². The third-order valence-electron chi connectivity index (χ3n) is 6.47. The van der Waals surface area contributed by atoms with E-state index in [0.717, 1.165) is 44.5 Å². The van der Waals surface area contributed by atoms with Gasteiger partial charge in [-0.2, -0.15) is 0 Å². The molecular formula is C28H29N3O2. The van der Waals surface area contributed by atoms with Crippen LogP contribution in [0.4, 0.5) is 5.69 Å². The molecule has 0 unspecified atom stereocenters. The van der Waals surface area contributed by atoms with Crippen LogP contribution >= 0.6 is 0 Å². The minimum Gasteiger partial charge on any atom is -0.339 e. The summed E-state index contributed by atoms with van der Waals surface area (Å²) in [5.41, 5.74) is 8.98. The largest absolute Gasteiger partial charge is 0.339 e. The summed E-state index contributed by atoms with van der Waals surface area (Å²) in [7, 11) is 0. The second kappa shape index (κ2) is 9.20. The molecule has 3 aromatic rings. The van der Waals surface area contributed by atoms with Crippen molar-refractivity contribution in [3.63, 3.8) is 0 Å². The summed E-state index contributed by atoms with van der Waals surface area (Å²) in [6.45, 7) is 4.45. The highest BCUT2D eigenvalue weighted by molar-refractivity contribution is 5.97. The quantitative estimate of drug-likeness (QED) is 0.456. The van der Waals surface area contributed by atoms with Crippen molar-refractivity contribution in [2.75, 3.05) is 18.4 Å². The molecule has 33 heavy (non-hydrogen) atoms. The van der Waals surface area contributed by atoms with E-state index < -0.39 is 0 Å². The van der Waals surface area contributed by atoms with Crippen molar-refractivity contribution in [1.82, 2.24) is 10.2 Å². The number of nitrogens with zero attached hydrogens (tertiary/aromatic N) is 1. The Labute approximate surface area is 194 Å². The molecule has 1 fully saturated rings. The van der Waals surface area contributed by atoms with Crippen molar-refractivity contribution < 1.29 is 9.59 Å². The van der Waals surface area contributed by atoms with E-state index in [9.17, 15) is 9.59 Å². The third kappa shape index (κ3) is 4.69. The lowest BCUT2D eigenvalue weighted by molar-refractivity contribution is -0.114. The Hall–Kier alpha value is -3.44. The fourth-order valence-electron chi connectivity index (χ4n) is 4.96. The molecule has 5 rings (SSSR count). The predicted octanol–water partition coefficient (Wildman–Crippen LogP) is 4.74. The van der Waals surface area contributed by atoms with Gasteiger partial charge in [0, 0.05) is 44.4 Å². The Balaban J connectivity index is 1.28. The predicted molar refractivity (Wildman–Crippen MR) is 131 cm³/mol. The average molecular weight is 440 g/mol. The van der Waals surface area contributed by atoms with Gasteiger partial charge in [-0.3, -0.25) is 9.59 Å². The first-order valence-corrected chi connectivity index (χ1v) is 11.7. The highest BCUT2D eigenvalue weighted by Gasteiger charge is 2.21. The van der Waals surface area contributed by atoms with E-state index in [1.165, 1.54) is 34.7 Å². The van der Waals surface area contributed by atoms with E-state index in [1.54, 1.807) is 6.07 Å². The SMILES string of the molecule is CC(=O)Nc1cc(CNCc2ccc3c(c2)Cc2ccccc2-3)cc(C(=O)N2CCCC2)c1. The van der Waals surface area contributed by atoms with Gasteiger partial charge in [0.2, 0.25) is 5.91 Å². The maximum Gasteiger partial charge on any atom is 0.253 e. The normalized spacial score (nSPS) is 14.2. The fourth-order valence-corrected chi connectivity index (χ4v) is 4.96. The molecule has 3 aromatic carbocycles. The van der Waals surface area contributed by atoms with E-state index >= 15 is 0 Å². The molecule has 0 bridgehead atoms. The molecule has 168 valence electrons. The number of likely N-dealkylation sites (tertiary alicyclic amines) is 1. The summed E-state index contributed by atoms with van der Waals surface area (Å²) in [5, 5.41) is 6.35. The van der Waals surface area contributed by atoms with Crippen molar-refractivity contribution >= 4 is 17.5 Å². The van der Waals surface area contributed by atoms with Crippen LogP contribution in [0.3, 0.4) is 0 Å². The van der Waals surface area contributed by atoms with Crippen LogP contribution in [0.2, 0.25) is 0 Å². The van der Waals surface area contributed by atoms with Gasteiger partial charge in [-0.15, -0.1) is 0 Å². The molecule has 2 amide bonds. The molecule has 1 aliphatic carbocycles. The number of fused-ring (bicyclic) bond motifs is 3. The van der Waals surface area contributed by atoms with Crippen LogP contribution in [0, 0.1) is 0 Å². The number of nitrogens with one attached hydrogen (secondary N) is 2. The first-order chi connectivity index (χ1) is 16.1. The number of carbonyl (C=O) groups excluding carboxylic acids is 2. The van der Waals surface area contributed by atoms with Gasteiger partial charge in [0.1, 0.15) is 0 Å². The molecular weight excluding hydrogens is 410 g/mol. The molecule has 5 heteroatoms. The Morgan fingerprint density at radius 1 is 0.848 bits per heavy atom. The van der Waals surface area contributed by atoms with Gasteiger partial charge in [-0.1, -0.05) is 42.5 Å². The second-order valence-electron chi connectivity index (χ2n) is 9.03. The van der Waals surface area contributed by atoms with Crippen LogP contribution in [0.25, 0.3) is 11.1 Å². The molecule has 2 N–H and O–H groups in total. The summed E-state index contributed by atoms with van der Waals surface area (Å²) >= 11 is 0. The Morgan fingerprint density at radius 2 is 1.61 bits per heavy atom. The summed E-state index contributed by atoms with van der Waals surface area (Å²) in [5.74, 6) is -0.0991. The van der Waals surface area contributed by atoms with Crippen LogP contribution in [-0.2, 0) is 24.3 Å². The van der Waals surface area contributed by atoms with Gasteiger partial charge >= 0.3 is 0 Å². The van der Waals surface area contributed by atoms with Crippen molar-refractivity contribution in [2.24, 2.45) is 0 Å². The van der Waals surface area contributed by atoms with Crippen molar-refractivity contribution in [2.45, 2.75) is 39.3 Å². The maximum atomic E-state index is 12.9. The van der Waals surface area contributed by atoms with E-state index in [2.05, 4.69) is 53.1 Å². The molecule has 5 nitrogen and oxygen atoms in total. The van der Waals surface area contributed by atoms with Gasteiger partial charge in [0.15, 0.2) is 0 Å². The number of amides is 2. The van der Waals surface area contributed by atoms with Crippen LogP contribution in [-0.4, -0.2) is 29.8 Å². The van der Waals surface area contributed by atoms with Gasteiger partial charge in [0.25, 0.3) is 5.91 Å². The average Bonchev–Trinajstić information content (AvgIpc) is 3.46. The maximum absolute atomic E-state index is 12.9. The monoisotopic (exact) mass is 439 g/mol. The number of benzene rings is 3. The second-order valence-corrected chi connectivity index (χ2v) is 9.03. The molecule has 2 aliphatic rings. The van der Waals surface area contributed by atoms with Crippen molar-refractivity contribution in [1.29, 1.82) is 0 Å². The minimum absolute atomic E-state index is 0.0409. The molecule has 1 saturated heterocycles.